The second-order valence-corrected chi connectivity index (χ2v) is 6.44. The number of thiophene rings is 1. The molecule has 116 valence electrons. The second kappa shape index (κ2) is 7.56. The first kappa shape index (κ1) is 16.0. The maximum absolute atomic E-state index is 12.1. The van der Waals surface area contributed by atoms with Crippen LogP contribution in [0.25, 0.3) is 0 Å². The van der Waals surface area contributed by atoms with Crippen molar-refractivity contribution in [1.82, 2.24) is 10.2 Å². The van der Waals surface area contributed by atoms with E-state index in [9.17, 15) is 9.59 Å². The lowest BCUT2D eigenvalue weighted by Gasteiger charge is -2.35. The molecule has 2 atom stereocenters. The molecular weight excluding hydrogens is 288 g/mol. The van der Waals surface area contributed by atoms with Crippen LogP contribution in [0.5, 0.6) is 0 Å². The number of nitrogens with one attached hydrogen (secondary N) is 1. The molecule has 0 aromatic carbocycles. The first-order chi connectivity index (χ1) is 10.0. The molecule has 6 heteroatoms. The number of hydrogen-bond acceptors (Lipinski definition) is 4. The number of morpholine rings is 1. The van der Waals surface area contributed by atoms with Crippen molar-refractivity contribution in [2.24, 2.45) is 0 Å². The highest BCUT2D eigenvalue weighted by atomic mass is 32.1. The molecule has 1 aromatic heterocycles. The number of rotatable bonds is 5. The van der Waals surface area contributed by atoms with Crippen LogP contribution in [0.15, 0.2) is 17.5 Å². The zero-order chi connectivity index (χ0) is 15.2. The lowest BCUT2D eigenvalue weighted by Crippen LogP contribution is -2.48. The van der Waals surface area contributed by atoms with E-state index in [4.69, 9.17) is 4.74 Å². The lowest BCUT2D eigenvalue weighted by atomic mass is 10.2. The van der Waals surface area contributed by atoms with Gasteiger partial charge in [-0.2, -0.15) is 0 Å². The number of carbonyl (C=O) groups excluding carboxylic acids is 2. The zero-order valence-corrected chi connectivity index (χ0v) is 13.3. The van der Waals surface area contributed by atoms with Crippen LogP contribution in [0.4, 0.5) is 0 Å². The fourth-order valence-corrected chi connectivity index (χ4v) is 3.19. The van der Waals surface area contributed by atoms with Crippen LogP contribution in [-0.2, 0) is 20.7 Å². The van der Waals surface area contributed by atoms with Crippen molar-refractivity contribution >= 4 is 23.2 Å². The van der Waals surface area contributed by atoms with E-state index in [1.54, 1.807) is 11.3 Å². The van der Waals surface area contributed by atoms with Gasteiger partial charge in [0.25, 0.3) is 0 Å². The molecule has 2 amide bonds. The van der Waals surface area contributed by atoms with Gasteiger partial charge < -0.3 is 15.0 Å². The van der Waals surface area contributed by atoms with Crippen LogP contribution < -0.4 is 5.32 Å². The highest BCUT2D eigenvalue weighted by Gasteiger charge is 2.25. The minimum Gasteiger partial charge on any atom is -0.372 e. The Kier molecular flexibility index (Phi) is 5.76. The maximum Gasteiger partial charge on any atom is 0.225 e. The van der Waals surface area contributed by atoms with Gasteiger partial charge in [-0.1, -0.05) is 6.07 Å². The third-order valence-corrected chi connectivity index (χ3v) is 4.22. The molecule has 1 aliphatic rings. The molecule has 1 N–H and O–H groups in total. The van der Waals surface area contributed by atoms with Crippen LogP contribution in [0.1, 0.15) is 25.1 Å². The number of carbonyl (C=O) groups is 2. The highest BCUT2D eigenvalue weighted by molar-refractivity contribution is 7.10. The molecule has 0 bridgehead atoms. The fraction of sp³-hybridized carbons (Fsp3) is 0.600. The Morgan fingerprint density at radius 3 is 2.71 bits per heavy atom. The van der Waals surface area contributed by atoms with Gasteiger partial charge in [0.05, 0.1) is 18.6 Å². The first-order valence-corrected chi connectivity index (χ1v) is 8.15. The molecule has 1 aromatic rings. The smallest absolute Gasteiger partial charge is 0.225 e. The molecule has 1 saturated heterocycles. The Labute approximate surface area is 129 Å². The average molecular weight is 310 g/mol. The predicted octanol–water partition coefficient (Wildman–Crippen LogP) is 1.43. The van der Waals surface area contributed by atoms with Crippen molar-refractivity contribution in [2.45, 2.75) is 38.9 Å². The lowest BCUT2D eigenvalue weighted by molar-refractivity contribution is -0.143. The van der Waals surface area contributed by atoms with Gasteiger partial charge in [0.1, 0.15) is 0 Å². The van der Waals surface area contributed by atoms with Gasteiger partial charge in [-0.15, -0.1) is 11.3 Å². The van der Waals surface area contributed by atoms with Crippen LogP contribution in [0.2, 0.25) is 0 Å². The van der Waals surface area contributed by atoms with Crippen LogP contribution in [-0.4, -0.2) is 48.6 Å². The maximum atomic E-state index is 12.1. The summed E-state index contributed by atoms with van der Waals surface area (Å²) in [5.41, 5.74) is 0. The van der Waals surface area contributed by atoms with Crippen molar-refractivity contribution in [3.8, 4) is 0 Å². The minimum atomic E-state index is -0.0334. The summed E-state index contributed by atoms with van der Waals surface area (Å²) in [4.78, 5) is 26.7. The van der Waals surface area contributed by atoms with Gasteiger partial charge in [-0.25, -0.2) is 0 Å². The van der Waals surface area contributed by atoms with Crippen molar-refractivity contribution in [1.29, 1.82) is 0 Å². The number of amides is 2. The molecule has 0 spiro atoms. The van der Waals surface area contributed by atoms with Crippen molar-refractivity contribution in [3.05, 3.63) is 22.4 Å². The molecule has 0 unspecified atom stereocenters. The molecule has 1 aliphatic heterocycles. The summed E-state index contributed by atoms with van der Waals surface area (Å²) in [5.74, 6) is 0.0439. The van der Waals surface area contributed by atoms with Crippen molar-refractivity contribution in [3.63, 3.8) is 0 Å². The van der Waals surface area contributed by atoms with Gasteiger partial charge in [0.15, 0.2) is 0 Å². The molecular formula is C15H22N2O3S. The van der Waals surface area contributed by atoms with Gasteiger partial charge in [0.2, 0.25) is 11.8 Å². The van der Waals surface area contributed by atoms with E-state index in [1.165, 1.54) is 0 Å². The Bertz CT molecular complexity index is 465. The third-order valence-electron chi connectivity index (χ3n) is 3.35. The minimum absolute atomic E-state index is 0.0334. The van der Waals surface area contributed by atoms with E-state index in [1.807, 2.05) is 36.3 Å². The summed E-state index contributed by atoms with van der Waals surface area (Å²) < 4.78 is 5.61. The highest BCUT2D eigenvalue weighted by Crippen LogP contribution is 2.11. The third kappa shape index (κ3) is 5.13. The first-order valence-electron chi connectivity index (χ1n) is 7.27. The summed E-state index contributed by atoms with van der Waals surface area (Å²) in [5, 5.41) is 4.75. The fourth-order valence-electron chi connectivity index (χ4n) is 2.48. The summed E-state index contributed by atoms with van der Waals surface area (Å²) >= 11 is 1.56. The Morgan fingerprint density at radius 2 is 2.10 bits per heavy atom. The van der Waals surface area contributed by atoms with Gasteiger partial charge in [-0.05, 0) is 25.3 Å². The van der Waals surface area contributed by atoms with Crippen LogP contribution in [0, 0.1) is 0 Å². The molecule has 5 nitrogen and oxygen atoms in total. The SMILES string of the molecule is C[C@H]1CN(C(=O)CCNC(=O)Cc2cccs2)C[C@H](C)O1. The molecule has 0 radical (unpaired) electrons. The van der Waals surface area contributed by atoms with E-state index in [-0.39, 0.29) is 24.0 Å². The molecule has 0 aliphatic carbocycles. The van der Waals surface area contributed by atoms with Gasteiger partial charge >= 0.3 is 0 Å². The quantitative estimate of drug-likeness (QED) is 0.895. The molecule has 1 fully saturated rings. The van der Waals surface area contributed by atoms with E-state index in [2.05, 4.69) is 5.32 Å². The molecule has 2 heterocycles. The van der Waals surface area contributed by atoms with E-state index < -0.39 is 0 Å². The number of nitrogens with zero attached hydrogens (tertiary/aromatic N) is 1. The zero-order valence-electron chi connectivity index (χ0n) is 12.5. The normalized spacial score (nSPS) is 22.1. The van der Waals surface area contributed by atoms with Crippen molar-refractivity contribution in [2.75, 3.05) is 19.6 Å². The number of ether oxygens (including phenoxy) is 1. The van der Waals surface area contributed by atoms with E-state index >= 15 is 0 Å². The Balaban J connectivity index is 1.68. The molecule has 21 heavy (non-hydrogen) atoms. The largest absolute Gasteiger partial charge is 0.372 e. The molecule has 0 saturated carbocycles. The number of hydrogen-bond donors (Lipinski definition) is 1. The molecule has 2 rings (SSSR count). The second-order valence-electron chi connectivity index (χ2n) is 5.41. The monoisotopic (exact) mass is 310 g/mol. The van der Waals surface area contributed by atoms with Gasteiger partial charge in [0, 0.05) is 30.9 Å². The summed E-state index contributed by atoms with van der Waals surface area (Å²) in [6.45, 7) is 5.60. The Hall–Kier alpha value is -1.40. The van der Waals surface area contributed by atoms with Crippen LogP contribution in [0.3, 0.4) is 0 Å². The predicted molar refractivity (Wildman–Crippen MR) is 82.2 cm³/mol. The van der Waals surface area contributed by atoms with Crippen molar-refractivity contribution < 1.29 is 14.3 Å². The van der Waals surface area contributed by atoms with Crippen LogP contribution >= 0.6 is 11.3 Å². The van der Waals surface area contributed by atoms with E-state index in [0.717, 1.165) is 4.88 Å². The summed E-state index contributed by atoms with van der Waals surface area (Å²) in [7, 11) is 0. The Morgan fingerprint density at radius 1 is 1.38 bits per heavy atom. The average Bonchev–Trinajstić information content (AvgIpc) is 2.90. The summed E-state index contributed by atoms with van der Waals surface area (Å²) in [6.07, 6.45) is 0.879. The topological polar surface area (TPSA) is 58.6 Å². The standard InChI is InChI=1S/C15H22N2O3S/c1-11-9-17(10-12(2)20-11)15(19)5-6-16-14(18)8-13-4-3-7-21-13/h3-4,7,11-12H,5-6,8-10H2,1-2H3,(H,16,18)/t11-,12-/m0/s1. The van der Waals surface area contributed by atoms with E-state index in [0.29, 0.717) is 32.5 Å². The summed E-state index contributed by atoms with van der Waals surface area (Å²) in [6, 6.07) is 3.86. The van der Waals surface area contributed by atoms with Gasteiger partial charge in [-0.3, -0.25) is 9.59 Å².